The number of nitrogens with zero attached hydrogens (tertiary/aromatic N) is 3. The second kappa shape index (κ2) is 16.5. The lowest BCUT2D eigenvalue weighted by Gasteiger charge is -2.31. The van der Waals surface area contributed by atoms with Crippen LogP contribution in [0.25, 0.3) is 33.6 Å². The lowest BCUT2D eigenvalue weighted by Crippen LogP contribution is -2.44. The molecule has 50 heavy (non-hydrogen) atoms. The molecule has 1 aliphatic carbocycles. The summed E-state index contributed by atoms with van der Waals surface area (Å²) in [5.74, 6) is 1.42. The third kappa shape index (κ3) is 8.24. The molecule has 0 spiro atoms. The van der Waals surface area contributed by atoms with Crippen LogP contribution in [0, 0.1) is 0 Å². The smallest absolute Gasteiger partial charge is 0.219 e. The molecule has 0 radical (unpaired) electrons. The van der Waals surface area contributed by atoms with Gasteiger partial charge < -0.3 is 30.1 Å². The van der Waals surface area contributed by atoms with E-state index in [1.54, 1.807) is 27.3 Å². The molecule has 1 amide bonds. The molecule has 11 heteroatoms. The van der Waals surface area contributed by atoms with Gasteiger partial charge in [0.1, 0.15) is 5.75 Å². The summed E-state index contributed by atoms with van der Waals surface area (Å²) in [6.45, 7) is 4.44. The molecule has 2 aromatic carbocycles. The molecule has 2 fully saturated rings. The monoisotopic (exact) mass is 717 g/mol. The van der Waals surface area contributed by atoms with Crippen LogP contribution in [0.5, 0.6) is 11.6 Å². The first-order valence-electron chi connectivity index (χ1n) is 17.3. The number of aliphatic hydroxyl groups excluding tert-OH is 1. The third-order valence-corrected chi connectivity index (χ3v) is 10.7. The Labute approximate surface area is 304 Å². The van der Waals surface area contributed by atoms with Crippen LogP contribution in [0.2, 0.25) is 10.0 Å². The normalized spacial score (nSPS) is 18.2. The number of aliphatic hydroxyl groups is 1. The van der Waals surface area contributed by atoms with Gasteiger partial charge in [0.2, 0.25) is 11.8 Å². The Morgan fingerprint density at radius 3 is 2.20 bits per heavy atom. The molecule has 1 aliphatic heterocycles. The summed E-state index contributed by atoms with van der Waals surface area (Å²) in [5.41, 5.74) is 6.45. The number of ether oxygens (including phenoxy) is 2. The Morgan fingerprint density at radius 2 is 1.50 bits per heavy atom. The number of benzene rings is 2. The van der Waals surface area contributed by atoms with Crippen molar-refractivity contribution in [3.8, 4) is 45.3 Å². The molecule has 2 aromatic heterocycles. The lowest BCUT2D eigenvalue weighted by atomic mass is 9.93. The van der Waals surface area contributed by atoms with Gasteiger partial charge in [0.05, 0.1) is 41.8 Å². The molecule has 3 heterocycles. The molecule has 1 saturated carbocycles. The number of likely N-dealkylation sites (tertiary alicyclic amines) is 1. The molecule has 6 rings (SSSR count). The highest BCUT2D eigenvalue weighted by Crippen LogP contribution is 2.42. The van der Waals surface area contributed by atoms with Gasteiger partial charge in [-0.25, -0.2) is 4.98 Å². The summed E-state index contributed by atoms with van der Waals surface area (Å²) >= 11 is 14.2. The fourth-order valence-electron chi connectivity index (χ4n) is 6.95. The Hall–Kier alpha value is -3.73. The third-order valence-electron chi connectivity index (χ3n) is 9.95. The Morgan fingerprint density at radius 1 is 0.840 bits per heavy atom. The molecular formula is C39H45Cl2N5O4. The zero-order valence-corrected chi connectivity index (χ0v) is 30.4. The van der Waals surface area contributed by atoms with E-state index in [0.717, 1.165) is 90.7 Å². The van der Waals surface area contributed by atoms with Crippen LogP contribution in [0.4, 0.5) is 0 Å². The van der Waals surface area contributed by atoms with Crippen LogP contribution in [0.15, 0.2) is 60.8 Å². The van der Waals surface area contributed by atoms with Gasteiger partial charge in [-0.05, 0) is 56.7 Å². The van der Waals surface area contributed by atoms with Crippen molar-refractivity contribution in [2.75, 3.05) is 27.3 Å². The average molecular weight is 719 g/mol. The van der Waals surface area contributed by atoms with Gasteiger partial charge in [0.25, 0.3) is 0 Å². The van der Waals surface area contributed by atoms with Crippen molar-refractivity contribution >= 4 is 29.1 Å². The quantitative estimate of drug-likeness (QED) is 0.148. The topological polar surface area (TPSA) is 109 Å². The first-order chi connectivity index (χ1) is 24.2. The number of pyridine rings is 2. The van der Waals surface area contributed by atoms with Crippen LogP contribution in [0.3, 0.4) is 0 Å². The highest BCUT2D eigenvalue weighted by atomic mass is 35.5. The van der Waals surface area contributed by atoms with E-state index in [-0.39, 0.29) is 12.0 Å². The molecule has 0 bridgehead atoms. The minimum Gasteiger partial charge on any atom is -0.496 e. The van der Waals surface area contributed by atoms with E-state index >= 15 is 0 Å². The number of amides is 1. The minimum absolute atomic E-state index is 0.131. The van der Waals surface area contributed by atoms with Crippen molar-refractivity contribution < 1.29 is 19.4 Å². The van der Waals surface area contributed by atoms with Gasteiger partial charge in [-0.3, -0.25) is 9.78 Å². The van der Waals surface area contributed by atoms with E-state index < -0.39 is 0 Å². The highest BCUT2D eigenvalue weighted by molar-refractivity contribution is 6.39. The molecule has 4 aromatic rings. The van der Waals surface area contributed by atoms with E-state index in [9.17, 15) is 9.90 Å². The number of halogens is 2. The second-order valence-electron chi connectivity index (χ2n) is 13.1. The second-order valence-corrected chi connectivity index (χ2v) is 13.9. The number of carbonyl (C=O) groups is 1. The largest absolute Gasteiger partial charge is 0.496 e. The number of hydrogen-bond donors (Lipinski definition) is 3. The summed E-state index contributed by atoms with van der Waals surface area (Å²) in [7, 11) is 3.29. The zero-order valence-electron chi connectivity index (χ0n) is 28.8. The summed E-state index contributed by atoms with van der Waals surface area (Å²) in [6, 6.07) is 18.4. The fraction of sp³-hybridized carbons (Fsp3) is 0.410. The van der Waals surface area contributed by atoms with Gasteiger partial charge >= 0.3 is 0 Å². The van der Waals surface area contributed by atoms with Crippen molar-refractivity contribution in [1.29, 1.82) is 0 Å². The van der Waals surface area contributed by atoms with Crippen LogP contribution in [-0.4, -0.2) is 71.4 Å². The first kappa shape index (κ1) is 36.1. The molecule has 0 atom stereocenters. The SMILES string of the molecule is COc1cc(-c2nccc(-c3cccc(-c4ccc(CNC5CCN(C(C)=O)CC5)c(OC)n4)c3Cl)c2Cl)ccc1CN[C@H]1CC[C@H](O)CC1. The molecule has 9 nitrogen and oxygen atoms in total. The maximum absolute atomic E-state index is 11.7. The van der Waals surface area contributed by atoms with Crippen LogP contribution >= 0.6 is 23.2 Å². The number of rotatable bonds is 11. The maximum atomic E-state index is 11.7. The van der Waals surface area contributed by atoms with Crippen molar-refractivity contribution in [3.05, 3.63) is 82.0 Å². The predicted octanol–water partition coefficient (Wildman–Crippen LogP) is 7.30. The van der Waals surface area contributed by atoms with E-state index in [2.05, 4.69) is 15.6 Å². The van der Waals surface area contributed by atoms with Crippen molar-refractivity contribution in [3.63, 3.8) is 0 Å². The highest BCUT2D eigenvalue weighted by Gasteiger charge is 2.23. The van der Waals surface area contributed by atoms with E-state index in [0.29, 0.717) is 52.5 Å². The number of carbonyl (C=O) groups excluding carboxylic acids is 1. The zero-order chi connectivity index (χ0) is 35.2. The molecule has 0 unspecified atom stereocenters. The van der Waals surface area contributed by atoms with Crippen molar-refractivity contribution in [2.24, 2.45) is 0 Å². The van der Waals surface area contributed by atoms with Gasteiger partial charge in [-0.1, -0.05) is 59.6 Å². The average Bonchev–Trinajstić information content (AvgIpc) is 3.14. The molecule has 1 saturated heterocycles. The van der Waals surface area contributed by atoms with Crippen molar-refractivity contribution in [2.45, 2.75) is 76.7 Å². The minimum atomic E-state index is -0.179. The van der Waals surface area contributed by atoms with E-state index in [1.165, 1.54) is 0 Å². The first-order valence-corrected chi connectivity index (χ1v) is 18.1. The maximum Gasteiger partial charge on any atom is 0.219 e. The van der Waals surface area contributed by atoms with Gasteiger partial charge in [-0.15, -0.1) is 0 Å². The Balaban J connectivity index is 1.20. The standard InChI is InChI=1S/C39H45Cl2N5O4/c1-24(47)46-19-16-29(17-20-46)44-23-27-9-14-34(45-39(27)50-3)33-6-4-5-31(36(33)40)32-15-18-42-38(37(32)41)25-7-8-26(35(21-25)49-2)22-43-28-10-12-30(48)13-11-28/h4-9,14-15,18,21,28-30,43-44,48H,10-13,16-17,19-20,22-23H2,1-3H3/t28-,30-. The number of methoxy groups -OCH3 is 2. The lowest BCUT2D eigenvalue weighted by molar-refractivity contribution is -0.129. The fourth-order valence-corrected chi connectivity index (χ4v) is 7.59. The molecule has 264 valence electrons. The Bertz CT molecular complexity index is 1810. The summed E-state index contributed by atoms with van der Waals surface area (Å²) in [6.07, 6.45) is 7.00. The number of piperidine rings is 1. The number of nitrogens with one attached hydrogen (secondary N) is 2. The summed E-state index contributed by atoms with van der Waals surface area (Å²) < 4.78 is 11.5. The molecule has 3 N–H and O–H groups in total. The Kier molecular flexibility index (Phi) is 11.9. The van der Waals surface area contributed by atoms with E-state index in [1.807, 2.05) is 59.5 Å². The van der Waals surface area contributed by atoms with E-state index in [4.69, 9.17) is 37.7 Å². The van der Waals surface area contributed by atoms with Gasteiger partial charge in [-0.2, -0.15) is 0 Å². The van der Waals surface area contributed by atoms with Crippen LogP contribution < -0.4 is 20.1 Å². The molecule has 2 aliphatic rings. The molecular weight excluding hydrogens is 673 g/mol. The summed E-state index contributed by atoms with van der Waals surface area (Å²) in [4.78, 5) is 23.1. The van der Waals surface area contributed by atoms with Crippen molar-refractivity contribution in [1.82, 2.24) is 25.5 Å². The van der Waals surface area contributed by atoms with Crippen LogP contribution in [-0.2, 0) is 17.9 Å². The number of hydrogen-bond acceptors (Lipinski definition) is 8. The van der Waals surface area contributed by atoms with Crippen LogP contribution in [0.1, 0.15) is 56.6 Å². The summed E-state index contributed by atoms with van der Waals surface area (Å²) in [5, 5.41) is 18.1. The number of aromatic nitrogens is 2. The predicted molar refractivity (Wildman–Crippen MR) is 199 cm³/mol. The van der Waals surface area contributed by atoms with Gasteiger partial charge in [0.15, 0.2) is 0 Å². The van der Waals surface area contributed by atoms with Gasteiger partial charge in [0, 0.05) is 84.8 Å².